The van der Waals surface area contributed by atoms with E-state index in [1.165, 1.54) is 18.3 Å². The zero-order valence-corrected chi connectivity index (χ0v) is 19.3. The highest BCUT2D eigenvalue weighted by Gasteiger charge is 2.19. The third-order valence-corrected chi connectivity index (χ3v) is 5.39. The average Bonchev–Trinajstić information content (AvgIpc) is 3.49. The monoisotopic (exact) mass is 463 g/mol. The Balaban J connectivity index is 1.47. The van der Waals surface area contributed by atoms with Crippen molar-refractivity contribution in [2.75, 3.05) is 27.2 Å². The summed E-state index contributed by atoms with van der Waals surface area (Å²) >= 11 is 0. The van der Waals surface area contributed by atoms with E-state index in [-0.39, 0.29) is 17.6 Å². The molecule has 0 saturated heterocycles. The fourth-order valence-corrected chi connectivity index (χ4v) is 3.49. The Morgan fingerprint density at radius 1 is 1.15 bits per heavy atom. The highest BCUT2D eigenvalue weighted by molar-refractivity contribution is 5.94. The van der Waals surface area contributed by atoms with E-state index in [0.29, 0.717) is 40.6 Å². The summed E-state index contributed by atoms with van der Waals surface area (Å²) in [6, 6.07) is 9.50. The Labute approximate surface area is 196 Å². The molecule has 1 unspecified atom stereocenters. The molecule has 1 amide bonds. The Hall–Kier alpha value is -3.85. The van der Waals surface area contributed by atoms with Gasteiger partial charge in [0.15, 0.2) is 0 Å². The number of carbonyl (C=O) groups is 1. The fraction of sp³-hybridized carbons (Fsp3) is 0.280. The lowest BCUT2D eigenvalue weighted by Gasteiger charge is -2.18. The zero-order chi connectivity index (χ0) is 24.1. The maximum absolute atomic E-state index is 13.2. The number of hydrogen-bond donors (Lipinski definition) is 1. The highest BCUT2D eigenvalue weighted by Crippen LogP contribution is 2.25. The molecule has 3 aromatic heterocycles. The summed E-state index contributed by atoms with van der Waals surface area (Å²) in [5.41, 5.74) is 3.17. The molecule has 4 rings (SSSR count). The van der Waals surface area contributed by atoms with E-state index in [4.69, 9.17) is 8.94 Å². The number of rotatable bonds is 9. The minimum absolute atomic E-state index is 0.0707. The number of amides is 1. The molecular formula is C25H26FN5O3. The van der Waals surface area contributed by atoms with Crippen LogP contribution < -0.4 is 5.32 Å². The SMILES string of the molecule is Cc1cc(-c2cncc(C(=O)NCC(CCN(C)C)c3coc(-c4ccc(F)cc4)n3)c2)no1. The maximum atomic E-state index is 13.2. The van der Waals surface area contributed by atoms with Crippen LogP contribution in [0.3, 0.4) is 0 Å². The van der Waals surface area contributed by atoms with E-state index >= 15 is 0 Å². The summed E-state index contributed by atoms with van der Waals surface area (Å²) < 4.78 is 24.0. The smallest absolute Gasteiger partial charge is 0.252 e. The van der Waals surface area contributed by atoms with Gasteiger partial charge in [0.05, 0.1) is 11.3 Å². The minimum atomic E-state index is -0.320. The Morgan fingerprint density at radius 3 is 2.65 bits per heavy atom. The summed E-state index contributed by atoms with van der Waals surface area (Å²) in [6.07, 6.45) is 5.52. The molecular weight excluding hydrogens is 437 g/mol. The number of halogens is 1. The van der Waals surface area contributed by atoms with Crippen LogP contribution in [0.15, 0.2) is 64.0 Å². The molecule has 0 radical (unpaired) electrons. The molecule has 0 fully saturated rings. The van der Waals surface area contributed by atoms with Crippen LogP contribution >= 0.6 is 0 Å². The van der Waals surface area contributed by atoms with Gasteiger partial charge in [0.1, 0.15) is 23.5 Å². The zero-order valence-electron chi connectivity index (χ0n) is 19.3. The second kappa shape index (κ2) is 10.4. The van der Waals surface area contributed by atoms with Gasteiger partial charge in [-0.15, -0.1) is 0 Å². The van der Waals surface area contributed by atoms with Crippen molar-refractivity contribution in [3.05, 3.63) is 77.9 Å². The van der Waals surface area contributed by atoms with Crippen molar-refractivity contribution in [3.63, 3.8) is 0 Å². The molecule has 0 aliphatic heterocycles. The molecule has 176 valence electrons. The van der Waals surface area contributed by atoms with Gasteiger partial charge in [-0.1, -0.05) is 5.16 Å². The van der Waals surface area contributed by atoms with Crippen LogP contribution in [0.2, 0.25) is 0 Å². The first-order chi connectivity index (χ1) is 16.4. The van der Waals surface area contributed by atoms with Crippen LogP contribution in [0.4, 0.5) is 4.39 Å². The third-order valence-electron chi connectivity index (χ3n) is 5.39. The quantitative estimate of drug-likeness (QED) is 0.395. The number of hydrogen-bond acceptors (Lipinski definition) is 7. The molecule has 0 aliphatic rings. The van der Waals surface area contributed by atoms with E-state index in [1.807, 2.05) is 14.1 Å². The predicted molar refractivity (Wildman–Crippen MR) is 125 cm³/mol. The first kappa shape index (κ1) is 23.3. The van der Waals surface area contributed by atoms with Crippen molar-refractivity contribution in [2.45, 2.75) is 19.3 Å². The maximum Gasteiger partial charge on any atom is 0.252 e. The second-order valence-corrected chi connectivity index (χ2v) is 8.37. The number of pyridine rings is 1. The average molecular weight is 464 g/mol. The van der Waals surface area contributed by atoms with Gasteiger partial charge < -0.3 is 19.2 Å². The number of benzene rings is 1. The topological polar surface area (TPSA) is 97.3 Å². The minimum Gasteiger partial charge on any atom is -0.444 e. The van der Waals surface area contributed by atoms with Gasteiger partial charge in [-0.3, -0.25) is 9.78 Å². The molecule has 3 heterocycles. The number of carbonyl (C=O) groups excluding carboxylic acids is 1. The number of aromatic nitrogens is 3. The Bertz CT molecular complexity index is 1250. The van der Waals surface area contributed by atoms with Gasteiger partial charge in [-0.25, -0.2) is 9.37 Å². The number of oxazole rings is 1. The lowest BCUT2D eigenvalue weighted by Crippen LogP contribution is -2.30. The van der Waals surface area contributed by atoms with Gasteiger partial charge in [0, 0.05) is 42.0 Å². The standard InChI is InChI=1S/C25H26FN5O3/c1-16-10-22(30-34-16)19-11-20(13-27-12-19)24(32)28-14-18(8-9-31(2)3)23-15-33-25(29-23)17-4-6-21(26)7-5-17/h4-7,10-13,15,18H,8-9,14H2,1-3H3,(H,28,32). The number of nitrogens with one attached hydrogen (secondary N) is 1. The third kappa shape index (κ3) is 5.74. The largest absolute Gasteiger partial charge is 0.444 e. The molecule has 0 aliphatic carbocycles. The second-order valence-electron chi connectivity index (χ2n) is 8.37. The summed E-state index contributed by atoms with van der Waals surface area (Å²) in [6.45, 7) is 2.98. The molecule has 34 heavy (non-hydrogen) atoms. The van der Waals surface area contributed by atoms with Gasteiger partial charge in [-0.2, -0.15) is 0 Å². The van der Waals surface area contributed by atoms with Gasteiger partial charge in [-0.05, 0) is 64.3 Å². The van der Waals surface area contributed by atoms with Gasteiger partial charge >= 0.3 is 0 Å². The van der Waals surface area contributed by atoms with E-state index in [0.717, 1.165) is 18.7 Å². The molecule has 9 heteroatoms. The van der Waals surface area contributed by atoms with Crippen LogP contribution in [0.25, 0.3) is 22.7 Å². The fourth-order valence-electron chi connectivity index (χ4n) is 3.49. The van der Waals surface area contributed by atoms with E-state index < -0.39 is 0 Å². The van der Waals surface area contributed by atoms with Crippen LogP contribution in [-0.2, 0) is 0 Å². The summed E-state index contributed by atoms with van der Waals surface area (Å²) in [4.78, 5) is 23.7. The van der Waals surface area contributed by atoms with Crippen LogP contribution in [-0.4, -0.2) is 53.1 Å². The van der Waals surface area contributed by atoms with E-state index in [1.54, 1.807) is 43.6 Å². The molecule has 1 aromatic carbocycles. The Morgan fingerprint density at radius 2 is 1.94 bits per heavy atom. The summed E-state index contributed by atoms with van der Waals surface area (Å²) in [5.74, 6) is 0.460. The van der Waals surface area contributed by atoms with Crippen molar-refractivity contribution in [1.29, 1.82) is 0 Å². The molecule has 1 atom stereocenters. The van der Waals surface area contributed by atoms with Gasteiger partial charge in [0.2, 0.25) is 5.89 Å². The molecule has 0 spiro atoms. The first-order valence-corrected chi connectivity index (χ1v) is 10.9. The van der Waals surface area contributed by atoms with Crippen molar-refractivity contribution in [1.82, 2.24) is 25.3 Å². The van der Waals surface area contributed by atoms with Gasteiger partial charge in [0.25, 0.3) is 5.91 Å². The summed E-state index contributed by atoms with van der Waals surface area (Å²) in [7, 11) is 3.98. The lowest BCUT2D eigenvalue weighted by molar-refractivity contribution is 0.0950. The molecule has 0 bridgehead atoms. The number of nitrogens with zero attached hydrogens (tertiary/aromatic N) is 4. The van der Waals surface area contributed by atoms with E-state index in [2.05, 4.69) is 25.3 Å². The van der Waals surface area contributed by atoms with Crippen molar-refractivity contribution in [2.24, 2.45) is 0 Å². The highest BCUT2D eigenvalue weighted by atomic mass is 19.1. The Kier molecular flexibility index (Phi) is 7.12. The summed E-state index contributed by atoms with van der Waals surface area (Å²) in [5, 5.41) is 6.97. The lowest BCUT2D eigenvalue weighted by atomic mass is 10.0. The van der Waals surface area contributed by atoms with Crippen LogP contribution in [0.1, 0.15) is 34.2 Å². The molecule has 4 aromatic rings. The van der Waals surface area contributed by atoms with Crippen molar-refractivity contribution < 1.29 is 18.1 Å². The normalized spacial score (nSPS) is 12.1. The number of aryl methyl sites for hydroxylation is 1. The predicted octanol–water partition coefficient (Wildman–Crippen LogP) is 4.30. The van der Waals surface area contributed by atoms with Crippen LogP contribution in [0, 0.1) is 12.7 Å². The molecule has 8 nitrogen and oxygen atoms in total. The molecule has 1 N–H and O–H groups in total. The van der Waals surface area contributed by atoms with Crippen LogP contribution in [0.5, 0.6) is 0 Å². The van der Waals surface area contributed by atoms with Crippen molar-refractivity contribution in [3.8, 4) is 22.7 Å². The molecule has 0 saturated carbocycles. The first-order valence-electron chi connectivity index (χ1n) is 10.9. The van der Waals surface area contributed by atoms with E-state index in [9.17, 15) is 9.18 Å². The van der Waals surface area contributed by atoms with Crippen molar-refractivity contribution >= 4 is 5.91 Å².